The van der Waals surface area contributed by atoms with E-state index in [0.717, 1.165) is 22.6 Å². The molecule has 4 aromatic rings. The fourth-order valence-electron chi connectivity index (χ4n) is 4.54. The molecule has 0 spiro atoms. The van der Waals surface area contributed by atoms with Gasteiger partial charge in [-0.25, -0.2) is 4.39 Å². The lowest BCUT2D eigenvalue weighted by atomic mass is 9.76. The van der Waals surface area contributed by atoms with Gasteiger partial charge in [0.05, 0.1) is 10.5 Å². The summed E-state index contributed by atoms with van der Waals surface area (Å²) in [6.07, 6.45) is 3.65. The summed E-state index contributed by atoms with van der Waals surface area (Å²) in [6.45, 7) is 11.0. The number of hydrogen-bond acceptors (Lipinski definition) is 5. The Balaban J connectivity index is 1.73. The number of pyridine rings is 1. The van der Waals surface area contributed by atoms with Crippen LogP contribution in [0.15, 0.2) is 35.3 Å². The second-order valence-electron chi connectivity index (χ2n) is 11.6. The minimum atomic E-state index is -1.05. The maximum atomic E-state index is 14.0. The van der Waals surface area contributed by atoms with Crippen LogP contribution in [0.2, 0.25) is 0 Å². The Morgan fingerprint density at radius 3 is 2.38 bits per heavy atom. The van der Waals surface area contributed by atoms with Crippen molar-refractivity contribution in [3.63, 3.8) is 0 Å². The first kappa shape index (κ1) is 27.1. The predicted molar refractivity (Wildman–Crippen MR) is 153 cm³/mol. The normalized spacial score (nSPS) is 14.2. The van der Waals surface area contributed by atoms with Crippen LogP contribution in [0.4, 0.5) is 4.39 Å². The predicted octanol–water partition coefficient (Wildman–Crippen LogP) is 6.08. The van der Waals surface area contributed by atoms with Crippen LogP contribution >= 0.6 is 11.3 Å². The molecule has 0 aliphatic heterocycles. The average Bonchev–Trinajstić information content (AvgIpc) is 3.36. The smallest absolute Gasteiger partial charge is 0.274 e. The van der Waals surface area contributed by atoms with E-state index in [1.54, 1.807) is 47.0 Å². The highest BCUT2D eigenvalue weighted by atomic mass is 32.1. The number of halogens is 1. The molecule has 0 saturated heterocycles. The quantitative estimate of drug-likeness (QED) is 0.259. The summed E-state index contributed by atoms with van der Waals surface area (Å²) in [4.78, 5) is 30.6. The molecule has 1 aliphatic rings. The number of hydrogen-bond donors (Lipinski definition) is 3. The first-order valence-electron chi connectivity index (χ1n) is 13.0. The third-order valence-corrected chi connectivity index (χ3v) is 9.32. The van der Waals surface area contributed by atoms with E-state index in [0.29, 0.717) is 44.8 Å². The topological polar surface area (TPSA) is 96.3 Å². The molecule has 206 valence electrons. The number of aromatic nitrogens is 2. The fraction of sp³-hybridized carbons (Fsp3) is 0.400. The number of ether oxygens (including phenoxy) is 1. The Labute approximate surface area is 230 Å². The second kappa shape index (κ2) is 9.34. The van der Waals surface area contributed by atoms with Gasteiger partial charge in [0.1, 0.15) is 28.5 Å². The molecule has 5 rings (SSSR count). The molecular weight excluding hydrogens is 517 g/mol. The molecule has 0 bridgehead atoms. The highest BCUT2D eigenvalue weighted by molar-refractivity contribution is 7.16. The molecule has 39 heavy (non-hydrogen) atoms. The lowest BCUT2D eigenvalue weighted by molar-refractivity contribution is 0.0112. The van der Waals surface area contributed by atoms with Crippen molar-refractivity contribution in [2.75, 3.05) is 0 Å². The largest absolute Gasteiger partial charge is 0.455 e. The third kappa shape index (κ3) is 4.89. The molecule has 0 atom stereocenters. The number of H-pyrrole nitrogens is 1. The molecule has 3 N–H and O–H groups in total. The van der Waals surface area contributed by atoms with E-state index >= 15 is 0 Å². The Hall–Kier alpha value is -3.43. The third-order valence-electron chi connectivity index (χ3n) is 7.85. The number of benzene rings is 1. The van der Waals surface area contributed by atoms with Crippen LogP contribution in [-0.4, -0.2) is 32.2 Å². The number of aromatic amines is 1. The van der Waals surface area contributed by atoms with Crippen molar-refractivity contribution in [2.45, 2.75) is 71.4 Å². The summed E-state index contributed by atoms with van der Waals surface area (Å²) in [5.41, 5.74) is 0.724. The maximum absolute atomic E-state index is 14.0. The van der Waals surface area contributed by atoms with Crippen molar-refractivity contribution in [1.29, 1.82) is 0 Å². The van der Waals surface area contributed by atoms with Crippen LogP contribution in [0.1, 0.15) is 67.0 Å². The standard InChI is InChI=1S/C30H34FN3O4S/c1-15-10-17(31)11-16(2)25(15)38-22-13-23(29(3,4)30(5,6)37)39-26(22)20-14-34(7)28(36)24-19(20)12-21(33-24)27(35)32-18-8-9-18/h10-14,18,33,37H,8-9H2,1-7H3,(H,32,35). The molecule has 1 amide bonds. The maximum Gasteiger partial charge on any atom is 0.274 e. The van der Waals surface area contributed by atoms with Crippen molar-refractivity contribution in [3.05, 3.63) is 68.3 Å². The van der Waals surface area contributed by atoms with E-state index in [1.165, 1.54) is 28.0 Å². The Morgan fingerprint density at radius 1 is 1.15 bits per heavy atom. The highest BCUT2D eigenvalue weighted by Gasteiger charge is 2.39. The zero-order valence-electron chi connectivity index (χ0n) is 23.3. The molecule has 0 radical (unpaired) electrons. The summed E-state index contributed by atoms with van der Waals surface area (Å²) in [7, 11) is 1.67. The van der Waals surface area contributed by atoms with Crippen LogP contribution in [0.5, 0.6) is 11.5 Å². The lowest BCUT2D eigenvalue weighted by Crippen LogP contribution is -2.41. The van der Waals surface area contributed by atoms with E-state index in [9.17, 15) is 19.1 Å². The van der Waals surface area contributed by atoms with Gasteiger partial charge >= 0.3 is 0 Å². The molecule has 7 nitrogen and oxygen atoms in total. The number of amides is 1. The Bertz CT molecular complexity index is 1640. The van der Waals surface area contributed by atoms with E-state index < -0.39 is 11.0 Å². The van der Waals surface area contributed by atoms with Crippen LogP contribution in [0.25, 0.3) is 21.3 Å². The van der Waals surface area contributed by atoms with Gasteiger partial charge in [-0.05, 0) is 75.9 Å². The summed E-state index contributed by atoms with van der Waals surface area (Å²) >= 11 is 1.46. The molecule has 1 saturated carbocycles. The first-order valence-corrected chi connectivity index (χ1v) is 13.8. The number of fused-ring (bicyclic) bond motifs is 1. The minimum absolute atomic E-state index is 0.178. The fourth-order valence-corrected chi connectivity index (χ4v) is 5.91. The van der Waals surface area contributed by atoms with Gasteiger partial charge in [-0.3, -0.25) is 9.59 Å². The monoisotopic (exact) mass is 551 g/mol. The Morgan fingerprint density at radius 2 is 1.79 bits per heavy atom. The van der Waals surface area contributed by atoms with Crippen molar-refractivity contribution in [1.82, 2.24) is 14.9 Å². The van der Waals surface area contributed by atoms with Crippen molar-refractivity contribution in [3.8, 4) is 21.9 Å². The number of nitrogens with one attached hydrogen (secondary N) is 2. The zero-order valence-corrected chi connectivity index (χ0v) is 24.1. The van der Waals surface area contributed by atoms with Crippen molar-refractivity contribution < 1.29 is 19.0 Å². The Kier molecular flexibility index (Phi) is 6.50. The molecule has 1 fully saturated rings. The van der Waals surface area contributed by atoms with Gasteiger partial charge < -0.3 is 24.7 Å². The summed E-state index contributed by atoms with van der Waals surface area (Å²) in [5, 5.41) is 14.6. The van der Waals surface area contributed by atoms with Crippen LogP contribution in [0.3, 0.4) is 0 Å². The summed E-state index contributed by atoms with van der Waals surface area (Å²) in [6, 6.07) is 6.65. The van der Waals surface area contributed by atoms with E-state index in [-0.39, 0.29) is 23.3 Å². The van der Waals surface area contributed by atoms with Gasteiger partial charge in [0.15, 0.2) is 0 Å². The number of aryl methyl sites for hydroxylation is 3. The summed E-state index contributed by atoms with van der Waals surface area (Å²) < 4.78 is 22.0. The van der Waals surface area contributed by atoms with Gasteiger partial charge in [0.25, 0.3) is 11.5 Å². The van der Waals surface area contributed by atoms with Gasteiger partial charge in [-0.15, -0.1) is 11.3 Å². The summed E-state index contributed by atoms with van der Waals surface area (Å²) in [5.74, 6) is 0.486. The number of thiophene rings is 1. The molecule has 1 aliphatic carbocycles. The van der Waals surface area contributed by atoms with Crippen molar-refractivity contribution in [2.24, 2.45) is 7.05 Å². The van der Waals surface area contributed by atoms with E-state index in [1.807, 2.05) is 19.9 Å². The van der Waals surface area contributed by atoms with Crippen molar-refractivity contribution >= 4 is 28.1 Å². The molecule has 3 aromatic heterocycles. The van der Waals surface area contributed by atoms with Crippen LogP contribution in [0, 0.1) is 19.7 Å². The van der Waals surface area contributed by atoms with Gasteiger partial charge in [0, 0.05) is 40.5 Å². The van der Waals surface area contributed by atoms with E-state index in [2.05, 4.69) is 10.3 Å². The highest BCUT2D eigenvalue weighted by Crippen LogP contribution is 2.49. The molecule has 1 aromatic carbocycles. The number of carbonyl (C=O) groups excluding carboxylic acids is 1. The molecule has 3 heterocycles. The minimum Gasteiger partial charge on any atom is -0.455 e. The molecular formula is C30H34FN3O4S. The number of nitrogens with zero attached hydrogens (tertiary/aromatic N) is 1. The lowest BCUT2D eigenvalue weighted by Gasteiger charge is -2.36. The van der Waals surface area contributed by atoms with Crippen LogP contribution < -0.4 is 15.6 Å². The second-order valence-corrected chi connectivity index (χ2v) is 12.7. The number of rotatable bonds is 7. The molecule has 0 unspecified atom stereocenters. The van der Waals surface area contributed by atoms with E-state index in [4.69, 9.17) is 4.74 Å². The van der Waals surface area contributed by atoms with Gasteiger partial charge in [-0.2, -0.15) is 0 Å². The average molecular weight is 552 g/mol. The number of aliphatic hydroxyl groups is 1. The number of carbonyl (C=O) groups is 1. The first-order chi connectivity index (χ1) is 18.2. The van der Waals surface area contributed by atoms with Gasteiger partial charge in [-0.1, -0.05) is 13.8 Å². The molecule has 9 heteroatoms. The zero-order chi connectivity index (χ0) is 28.4. The van der Waals surface area contributed by atoms with Gasteiger partial charge in [0.2, 0.25) is 0 Å². The van der Waals surface area contributed by atoms with Crippen LogP contribution in [-0.2, 0) is 12.5 Å². The SMILES string of the molecule is Cc1cc(F)cc(C)c1Oc1cc(C(C)(C)C(C)(C)O)sc1-c1cn(C)c(=O)c2[nH]c(C(=O)NC3CC3)cc12.